The molecule has 0 bridgehead atoms. The van der Waals surface area contributed by atoms with Gasteiger partial charge in [0, 0.05) is 17.9 Å². The summed E-state index contributed by atoms with van der Waals surface area (Å²) in [4.78, 5) is 5.60. The van der Waals surface area contributed by atoms with Crippen molar-refractivity contribution in [3.63, 3.8) is 0 Å². The van der Waals surface area contributed by atoms with E-state index >= 15 is 0 Å². The number of aromatic nitrogens is 1. The van der Waals surface area contributed by atoms with E-state index in [-0.39, 0.29) is 12.0 Å². The fraction of sp³-hybridized carbons (Fsp3) is 0.750. The highest BCUT2D eigenvalue weighted by atomic mass is 32.1. The van der Waals surface area contributed by atoms with E-state index in [1.807, 2.05) is 0 Å². The highest BCUT2D eigenvalue weighted by Crippen LogP contribution is 2.35. The Kier molecular flexibility index (Phi) is 3.77. The van der Waals surface area contributed by atoms with Gasteiger partial charge in [0.05, 0.1) is 5.69 Å². The van der Waals surface area contributed by atoms with Gasteiger partial charge in [-0.1, -0.05) is 20.8 Å². The third-order valence-corrected chi connectivity index (χ3v) is 4.09. The monoisotopic (exact) mass is 243 g/mol. The van der Waals surface area contributed by atoms with Gasteiger partial charge in [0.2, 0.25) is 0 Å². The van der Waals surface area contributed by atoms with Crippen molar-refractivity contribution >= 4 is 11.3 Å². The lowest BCUT2D eigenvalue weighted by Gasteiger charge is -2.17. The molecule has 0 aliphatic carbocycles. The SMILES string of the molecule is CC(C)(C)c1sc(C(C)(C)O)nc1CCO. The van der Waals surface area contributed by atoms with Crippen LogP contribution in [0.25, 0.3) is 0 Å². The lowest BCUT2D eigenvalue weighted by molar-refractivity contribution is 0.0780. The van der Waals surface area contributed by atoms with Crippen LogP contribution in [0.3, 0.4) is 0 Å². The van der Waals surface area contributed by atoms with Crippen molar-refractivity contribution in [1.82, 2.24) is 4.98 Å². The fourth-order valence-corrected chi connectivity index (χ4v) is 2.65. The normalized spacial score (nSPS) is 13.2. The zero-order valence-corrected chi connectivity index (χ0v) is 11.5. The first-order valence-electron chi connectivity index (χ1n) is 5.50. The number of rotatable bonds is 3. The van der Waals surface area contributed by atoms with E-state index in [0.717, 1.165) is 15.6 Å². The van der Waals surface area contributed by atoms with Crippen LogP contribution in [0.1, 0.15) is 50.2 Å². The number of hydrogen-bond acceptors (Lipinski definition) is 4. The minimum Gasteiger partial charge on any atom is -0.396 e. The first-order chi connectivity index (χ1) is 7.16. The predicted octanol–water partition coefficient (Wildman–Crippen LogP) is 2.20. The van der Waals surface area contributed by atoms with Gasteiger partial charge in [0.15, 0.2) is 0 Å². The highest BCUT2D eigenvalue weighted by molar-refractivity contribution is 7.12. The standard InChI is InChI=1S/C12H21NO2S/c1-11(2,3)9-8(6-7-14)13-10(16-9)12(4,5)15/h14-15H,6-7H2,1-5H3. The van der Waals surface area contributed by atoms with Gasteiger partial charge in [0.25, 0.3) is 0 Å². The summed E-state index contributed by atoms with van der Waals surface area (Å²) in [5.41, 5.74) is 0.0152. The van der Waals surface area contributed by atoms with Crippen LogP contribution in [0.2, 0.25) is 0 Å². The lowest BCUT2D eigenvalue weighted by atomic mass is 9.92. The van der Waals surface area contributed by atoms with E-state index in [4.69, 9.17) is 5.11 Å². The third-order valence-electron chi connectivity index (χ3n) is 2.25. The van der Waals surface area contributed by atoms with Gasteiger partial charge < -0.3 is 10.2 Å². The van der Waals surface area contributed by atoms with Crippen molar-refractivity contribution in [3.8, 4) is 0 Å². The minimum atomic E-state index is -0.904. The molecule has 1 heterocycles. The summed E-state index contributed by atoms with van der Waals surface area (Å²) in [6, 6.07) is 0. The first kappa shape index (κ1) is 13.6. The molecule has 0 aliphatic heterocycles. The molecule has 0 amide bonds. The molecule has 1 aromatic heterocycles. The Morgan fingerprint density at radius 2 is 1.75 bits per heavy atom. The molecule has 0 saturated carbocycles. The van der Waals surface area contributed by atoms with Crippen molar-refractivity contribution in [2.45, 2.75) is 52.1 Å². The van der Waals surface area contributed by atoms with E-state index < -0.39 is 5.60 Å². The highest BCUT2D eigenvalue weighted by Gasteiger charge is 2.28. The van der Waals surface area contributed by atoms with Gasteiger partial charge in [-0.25, -0.2) is 4.98 Å². The Bertz CT molecular complexity index is 358. The van der Waals surface area contributed by atoms with Crippen LogP contribution in [0.5, 0.6) is 0 Å². The molecule has 0 saturated heterocycles. The van der Waals surface area contributed by atoms with Crippen LogP contribution < -0.4 is 0 Å². The molecule has 4 heteroatoms. The van der Waals surface area contributed by atoms with Crippen molar-refractivity contribution in [2.24, 2.45) is 0 Å². The van der Waals surface area contributed by atoms with Gasteiger partial charge in [-0.15, -0.1) is 11.3 Å². The van der Waals surface area contributed by atoms with Gasteiger partial charge in [0.1, 0.15) is 10.6 Å². The summed E-state index contributed by atoms with van der Waals surface area (Å²) in [5, 5.41) is 19.7. The van der Waals surface area contributed by atoms with E-state index in [1.54, 1.807) is 25.2 Å². The van der Waals surface area contributed by atoms with Crippen LogP contribution in [0, 0.1) is 0 Å². The average molecular weight is 243 g/mol. The molecule has 16 heavy (non-hydrogen) atoms. The number of thiazole rings is 1. The second kappa shape index (κ2) is 4.43. The Balaban J connectivity index is 3.21. The number of nitrogens with zero attached hydrogens (tertiary/aromatic N) is 1. The molecule has 0 spiro atoms. The Morgan fingerprint density at radius 1 is 1.19 bits per heavy atom. The number of hydrogen-bond donors (Lipinski definition) is 2. The van der Waals surface area contributed by atoms with Crippen molar-refractivity contribution in [2.75, 3.05) is 6.61 Å². The molecule has 0 atom stereocenters. The zero-order valence-electron chi connectivity index (χ0n) is 10.7. The summed E-state index contributed by atoms with van der Waals surface area (Å²) in [6.07, 6.45) is 0.555. The maximum Gasteiger partial charge on any atom is 0.124 e. The van der Waals surface area contributed by atoms with Gasteiger partial charge in [-0.2, -0.15) is 0 Å². The summed E-state index contributed by atoms with van der Waals surface area (Å²) in [7, 11) is 0. The summed E-state index contributed by atoms with van der Waals surface area (Å²) in [6.45, 7) is 9.93. The number of aliphatic hydroxyl groups is 2. The predicted molar refractivity (Wildman–Crippen MR) is 66.8 cm³/mol. The molecule has 0 unspecified atom stereocenters. The molecule has 2 N–H and O–H groups in total. The topological polar surface area (TPSA) is 53.4 Å². The summed E-state index contributed by atoms with van der Waals surface area (Å²) < 4.78 is 0. The molecule has 0 aromatic carbocycles. The van der Waals surface area contributed by atoms with E-state index in [9.17, 15) is 5.11 Å². The van der Waals surface area contributed by atoms with Crippen molar-refractivity contribution in [3.05, 3.63) is 15.6 Å². The minimum absolute atomic E-state index is 0.00562. The smallest absolute Gasteiger partial charge is 0.124 e. The van der Waals surface area contributed by atoms with Gasteiger partial charge >= 0.3 is 0 Å². The second-order valence-corrected chi connectivity index (χ2v) is 6.58. The fourth-order valence-electron chi connectivity index (χ4n) is 1.47. The average Bonchev–Trinajstić information content (AvgIpc) is 2.46. The van der Waals surface area contributed by atoms with Crippen molar-refractivity contribution in [1.29, 1.82) is 0 Å². The second-order valence-electron chi connectivity index (χ2n) is 5.58. The molecule has 0 radical (unpaired) electrons. The molecule has 1 aromatic rings. The largest absolute Gasteiger partial charge is 0.396 e. The number of aliphatic hydroxyl groups excluding tert-OH is 1. The maximum atomic E-state index is 9.95. The summed E-state index contributed by atoms with van der Waals surface area (Å²) >= 11 is 1.54. The Morgan fingerprint density at radius 3 is 2.12 bits per heavy atom. The van der Waals surface area contributed by atoms with Crippen molar-refractivity contribution < 1.29 is 10.2 Å². The zero-order chi connectivity index (χ0) is 12.6. The van der Waals surface area contributed by atoms with Crippen LogP contribution in [-0.2, 0) is 17.4 Å². The third kappa shape index (κ3) is 3.03. The molecule has 0 aliphatic rings. The summed E-state index contributed by atoms with van der Waals surface area (Å²) in [5.74, 6) is 0. The molecule has 1 rings (SSSR count). The van der Waals surface area contributed by atoms with E-state index in [0.29, 0.717) is 6.42 Å². The van der Waals surface area contributed by atoms with Crippen LogP contribution in [0.4, 0.5) is 0 Å². The van der Waals surface area contributed by atoms with Crippen LogP contribution in [-0.4, -0.2) is 21.8 Å². The first-order valence-corrected chi connectivity index (χ1v) is 6.32. The Labute approximate surface area is 101 Å². The maximum absolute atomic E-state index is 9.95. The van der Waals surface area contributed by atoms with Crippen LogP contribution in [0.15, 0.2) is 0 Å². The molecular weight excluding hydrogens is 222 g/mol. The van der Waals surface area contributed by atoms with Gasteiger partial charge in [-0.05, 0) is 19.3 Å². The molecule has 92 valence electrons. The molecular formula is C12H21NO2S. The molecule has 0 fully saturated rings. The van der Waals surface area contributed by atoms with E-state index in [2.05, 4.69) is 25.8 Å². The quantitative estimate of drug-likeness (QED) is 0.855. The lowest BCUT2D eigenvalue weighted by Crippen LogP contribution is -2.15. The Hall–Kier alpha value is -0.450. The molecule has 3 nitrogen and oxygen atoms in total. The van der Waals surface area contributed by atoms with Gasteiger partial charge in [-0.3, -0.25) is 0 Å². The van der Waals surface area contributed by atoms with E-state index in [1.165, 1.54) is 0 Å². The van der Waals surface area contributed by atoms with Crippen LogP contribution >= 0.6 is 11.3 Å².